The first-order chi connectivity index (χ1) is 14.6. The van der Waals surface area contributed by atoms with E-state index in [1.54, 1.807) is 19.5 Å². The average Bonchev–Trinajstić information content (AvgIpc) is 3.38. The smallest absolute Gasteiger partial charge is 0.258 e. The van der Waals surface area contributed by atoms with Crippen molar-refractivity contribution in [2.24, 2.45) is 5.92 Å². The van der Waals surface area contributed by atoms with Gasteiger partial charge >= 0.3 is 0 Å². The second kappa shape index (κ2) is 7.55. The van der Waals surface area contributed by atoms with Crippen LogP contribution < -0.4 is 15.0 Å². The van der Waals surface area contributed by atoms with Crippen molar-refractivity contribution in [2.75, 3.05) is 13.7 Å². The lowest BCUT2D eigenvalue weighted by Gasteiger charge is -2.12. The lowest BCUT2D eigenvalue weighted by Crippen LogP contribution is -2.21. The molecule has 2 aliphatic rings. The maximum Gasteiger partial charge on any atom is 0.258 e. The van der Waals surface area contributed by atoms with Gasteiger partial charge in [0.25, 0.3) is 5.56 Å². The van der Waals surface area contributed by atoms with Crippen LogP contribution in [0.3, 0.4) is 0 Å². The minimum Gasteiger partial charge on any atom is -0.495 e. The number of nitrogens with zero attached hydrogens (tertiary/aromatic N) is 4. The highest BCUT2D eigenvalue weighted by Crippen LogP contribution is 2.47. The van der Waals surface area contributed by atoms with Crippen LogP contribution >= 0.6 is 0 Å². The fourth-order valence-corrected chi connectivity index (χ4v) is 4.16. The molecule has 0 aromatic carbocycles. The molecule has 0 radical (unpaired) electrons. The van der Waals surface area contributed by atoms with Gasteiger partial charge in [0.2, 0.25) is 5.88 Å². The summed E-state index contributed by atoms with van der Waals surface area (Å²) in [5.41, 5.74) is 3.41. The normalized spacial score (nSPS) is 19.4. The van der Waals surface area contributed by atoms with Gasteiger partial charge in [0.15, 0.2) is 0 Å². The summed E-state index contributed by atoms with van der Waals surface area (Å²) in [6.45, 7) is 3.13. The molecule has 4 heterocycles. The molecule has 1 aliphatic heterocycles. The first-order valence-corrected chi connectivity index (χ1v) is 10.3. The maximum atomic E-state index is 13.0. The molecule has 1 saturated carbocycles. The van der Waals surface area contributed by atoms with E-state index in [4.69, 9.17) is 9.47 Å². The Labute approximate surface area is 174 Å². The summed E-state index contributed by atoms with van der Waals surface area (Å²) < 4.78 is 13.1. The Bertz CT molecular complexity index is 1140. The molecule has 3 aromatic heterocycles. The Kier molecular flexibility index (Phi) is 4.73. The summed E-state index contributed by atoms with van der Waals surface area (Å²) in [4.78, 5) is 26.3. The molecule has 154 valence electrons. The molecular weight excluding hydrogens is 380 g/mol. The topological polar surface area (TPSA) is 79.1 Å². The van der Waals surface area contributed by atoms with Crippen LogP contribution in [-0.2, 0) is 13.0 Å². The van der Waals surface area contributed by atoms with Crippen molar-refractivity contribution in [3.05, 3.63) is 64.2 Å². The van der Waals surface area contributed by atoms with Gasteiger partial charge in [-0.05, 0) is 50.5 Å². The first-order valence-electron chi connectivity index (χ1n) is 10.3. The van der Waals surface area contributed by atoms with Crippen molar-refractivity contribution in [2.45, 2.75) is 38.6 Å². The Hall–Kier alpha value is -3.22. The number of ether oxygens (including phenoxy) is 2. The Morgan fingerprint density at radius 3 is 2.83 bits per heavy atom. The molecule has 0 amide bonds. The molecule has 0 saturated heterocycles. The van der Waals surface area contributed by atoms with Gasteiger partial charge in [0, 0.05) is 36.0 Å². The van der Waals surface area contributed by atoms with Gasteiger partial charge in [-0.3, -0.25) is 9.78 Å². The third-order valence-corrected chi connectivity index (χ3v) is 5.98. The fourth-order valence-electron chi connectivity index (χ4n) is 4.16. The molecular formula is C23H24N4O3. The number of pyridine rings is 2. The van der Waals surface area contributed by atoms with Crippen molar-refractivity contribution in [1.29, 1.82) is 0 Å². The molecule has 0 bridgehead atoms. The predicted octanol–water partition coefficient (Wildman–Crippen LogP) is 3.15. The summed E-state index contributed by atoms with van der Waals surface area (Å²) in [5.74, 6) is 2.63. The Balaban J connectivity index is 1.35. The molecule has 3 aromatic rings. The number of rotatable bonds is 6. The zero-order valence-electron chi connectivity index (χ0n) is 17.2. The highest BCUT2D eigenvalue weighted by Gasteiger charge is 2.40. The van der Waals surface area contributed by atoms with E-state index in [2.05, 4.69) is 15.0 Å². The predicted molar refractivity (Wildman–Crippen MR) is 112 cm³/mol. The number of methoxy groups -OCH3 is 1. The fraction of sp³-hybridized carbons (Fsp3) is 0.391. The number of fused-ring (bicyclic) bond motifs is 1. The van der Waals surface area contributed by atoms with E-state index in [1.807, 2.05) is 35.8 Å². The zero-order chi connectivity index (χ0) is 20.7. The summed E-state index contributed by atoms with van der Waals surface area (Å²) in [5, 5.41) is 0. The average molecular weight is 404 g/mol. The maximum absolute atomic E-state index is 13.0. The van der Waals surface area contributed by atoms with Crippen LogP contribution in [0.2, 0.25) is 0 Å². The number of hydrogen-bond donors (Lipinski definition) is 0. The van der Waals surface area contributed by atoms with Crippen molar-refractivity contribution in [1.82, 2.24) is 19.5 Å². The van der Waals surface area contributed by atoms with Gasteiger partial charge in [0.1, 0.15) is 11.6 Å². The largest absolute Gasteiger partial charge is 0.495 e. The molecule has 1 aliphatic carbocycles. The third-order valence-electron chi connectivity index (χ3n) is 5.98. The summed E-state index contributed by atoms with van der Waals surface area (Å²) in [6, 6.07) is 7.85. The quantitative estimate of drug-likeness (QED) is 0.628. The molecule has 0 N–H and O–H groups in total. The Morgan fingerprint density at radius 2 is 2.03 bits per heavy atom. The number of hydrogen-bond acceptors (Lipinski definition) is 6. The summed E-state index contributed by atoms with van der Waals surface area (Å²) >= 11 is 0. The Morgan fingerprint density at radius 1 is 1.13 bits per heavy atom. The molecule has 5 rings (SSSR count). The van der Waals surface area contributed by atoms with E-state index in [9.17, 15) is 4.79 Å². The van der Waals surface area contributed by atoms with Gasteiger partial charge < -0.3 is 14.0 Å². The highest BCUT2D eigenvalue weighted by molar-refractivity contribution is 5.67. The molecule has 7 nitrogen and oxygen atoms in total. The minimum atomic E-state index is 0.00837. The van der Waals surface area contributed by atoms with Gasteiger partial charge in [-0.2, -0.15) is 4.98 Å². The van der Waals surface area contributed by atoms with E-state index >= 15 is 0 Å². The van der Waals surface area contributed by atoms with Crippen LogP contribution in [0.1, 0.15) is 36.0 Å². The molecule has 7 heteroatoms. The second-order valence-electron chi connectivity index (χ2n) is 7.97. The molecule has 2 unspecified atom stereocenters. The van der Waals surface area contributed by atoms with Crippen molar-refractivity contribution in [3.8, 4) is 22.8 Å². The van der Waals surface area contributed by atoms with Crippen molar-refractivity contribution in [3.63, 3.8) is 0 Å². The second-order valence-corrected chi connectivity index (χ2v) is 7.97. The van der Waals surface area contributed by atoms with E-state index in [0.29, 0.717) is 41.3 Å². The lowest BCUT2D eigenvalue weighted by atomic mass is 10.1. The van der Waals surface area contributed by atoms with Crippen molar-refractivity contribution >= 4 is 0 Å². The molecule has 1 fully saturated rings. The molecule has 2 atom stereocenters. The van der Waals surface area contributed by atoms with Crippen LogP contribution in [0, 0.1) is 12.8 Å². The molecule has 30 heavy (non-hydrogen) atoms. The van der Waals surface area contributed by atoms with Crippen LogP contribution in [0.5, 0.6) is 11.6 Å². The SMILES string of the molecule is COc1ccc(C2CC2COc2nc(C)ncc2-c2ccc3n(c2=O)CCC3)nc1. The van der Waals surface area contributed by atoms with Gasteiger partial charge in [-0.25, -0.2) is 4.98 Å². The van der Waals surface area contributed by atoms with E-state index in [0.717, 1.165) is 42.9 Å². The van der Waals surface area contributed by atoms with Crippen LogP contribution in [-0.4, -0.2) is 33.2 Å². The van der Waals surface area contributed by atoms with Crippen LogP contribution in [0.4, 0.5) is 0 Å². The summed E-state index contributed by atoms with van der Waals surface area (Å²) in [6.07, 6.45) is 6.44. The highest BCUT2D eigenvalue weighted by atomic mass is 16.5. The first kappa shape index (κ1) is 18.8. The van der Waals surface area contributed by atoms with Gasteiger partial charge in [-0.15, -0.1) is 0 Å². The third kappa shape index (κ3) is 3.44. The zero-order valence-corrected chi connectivity index (χ0v) is 17.2. The van der Waals surface area contributed by atoms with Crippen LogP contribution in [0.25, 0.3) is 11.1 Å². The lowest BCUT2D eigenvalue weighted by molar-refractivity contribution is 0.285. The summed E-state index contributed by atoms with van der Waals surface area (Å²) in [7, 11) is 1.64. The van der Waals surface area contributed by atoms with E-state index in [1.165, 1.54) is 0 Å². The van der Waals surface area contributed by atoms with Gasteiger partial charge in [0.05, 0.1) is 31.0 Å². The van der Waals surface area contributed by atoms with Crippen LogP contribution in [0.15, 0.2) is 41.5 Å². The van der Waals surface area contributed by atoms with E-state index in [-0.39, 0.29) is 5.56 Å². The monoisotopic (exact) mass is 404 g/mol. The minimum absolute atomic E-state index is 0.00837. The molecule has 0 spiro atoms. The van der Waals surface area contributed by atoms with Gasteiger partial charge in [-0.1, -0.05) is 0 Å². The van der Waals surface area contributed by atoms with Crippen molar-refractivity contribution < 1.29 is 9.47 Å². The standard InChI is InChI=1S/C23H24N4O3/c1-14-24-12-20(18-7-5-16-4-3-9-27(16)23(18)28)22(26-14)30-13-15-10-19(15)21-8-6-17(29-2)11-25-21/h5-8,11-12,15,19H,3-4,9-10,13H2,1-2H3. The number of aryl methyl sites for hydroxylation is 2. The van der Waals surface area contributed by atoms with E-state index < -0.39 is 0 Å². The number of aromatic nitrogens is 4.